The first kappa shape index (κ1) is 12.4. The fourth-order valence-electron chi connectivity index (χ4n) is 1.14. The predicted molar refractivity (Wildman–Crippen MR) is 63.0 cm³/mol. The van der Waals surface area contributed by atoms with Crippen LogP contribution < -0.4 is 11.1 Å². The fourth-order valence-corrected chi connectivity index (χ4v) is 1.14. The van der Waals surface area contributed by atoms with Crippen molar-refractivity contribution < 1.29 is 9.53 Å². The van der Waals surface area contributed by atoms with E-state index >= 15 is 0 Å². The third kappa shape index (κ3) is 3.86. The molecule has 0 spiro atoms. The summed E-state index contributed by atoms with van der Waals surface area (Å²) in [4.78, 5) is 15.5. The number of anilines is 2. The summed E-state index contributed by atoms with van der Waals surface area (Å²) < 4.78 is 5.17. The average Bonchev–Trinajstić information content (AvgIpc) is 2.21. The topological polar surface area (TPSA) is 77.2 Å². The van der Waals surface area contributed by atoms with Gasteiger partial charge in [0.15, 0.2) is 0 Å². The number of rotatable bonds is 4. The number of nitrogen functional groups attached to an aromatic ring is 1. The average molecular weight is 223 g/mol. The molecule has 16 heavy (non-hydrogen) atoms. The molecule has 0 aliphatic heterocycles. The number of hydrogen-bond acceptors (Lipinski definition) is 4. The molecule has 1 rings (SSSR count). The minimum atomic E-state index is -0.467. The Labute approximate surface area is 95.0 Å². The molecule has 0 aliphatic rings. The maximum atomic E-state index is 11.6. The van der Waals surface area contributed by atoms with E-state index in [1.54, 1.807) is 19.2 Å². The lowest BCUT2D eigenvalue weighted by molar-refractivity contribution is -0.121. The maximum absolute atomic E-state index is 11.6. The zero-order valence-corrected chi connectivity index (χ0v) is 9.78. The van der Waals surface area contributed by atoms with Crippen molar-refractivity contribution in [3.8, 4) is 0 Å². The maximum Gasteiger partial charge on any atom is 0.227 e. The molecular weight excluding hydrogens is 206 g/mol. The second kappa shape index (κ2) is 4.94. The van der Waals surface area contributed by atoms with Crippen LogP contribution in [0.15, 0.2) is 18.3 Å². The summed E-state index contributed by atoms with van der Waals surface area (Å²) in [5, 5.41) is 2.72. The summed E-state index contributed by atoms with van der Waals surface area (Å²) >= 11 is 0. The van der Waals surface area contributed by atoms with Gasteiger partial charge in [-0.05, 0) is 26.0 Å². The summed E-state index contributed by atoms with van der Waals surface area (Å²) in [5.41, 5.74) is 5.60. The summed E-state index contributed by atoms with van der Waals surface area (Å²) in [6.07, 6.45) is 1.81. The minimum Gasteiger partial charge on any atom is -0.384 e. The summed E-state index contributed by atoms with van der Waals surface area (Å²) in [6.45, 7) is 3.71. The number of nitrogens with one attached hydrogen (secondary N) is 1. The van der Waals surface area contributed by atoms with E-state index in [9.17, 15) is 4.79 Å². The van der Waals surface area contributed by atoms with Crippen LogP contribution in [0.3, 0.4) is 0 Å². The smallest absolute Gasteiger partial charge is 0.227 e. The van der Waals surface area contributed by atoms with Gasteiger partial charge in [0.25, 0.3) is 0 Å². The van der Waals surface area contributed by atoms with E-state index < -0.39 is 5.60 Å². The Morgan fingerprint density at radius 3 is 2.75 bits per heavy atom. The normalized spacial score (nSPS) is 11.2. The Balaban J connectivity index is 2.55. The van der Waals surface area contributed by atoms with Gasteiger partial charge in [-0.3, -0.25) is 4.79 Å². The Kier molecular flexibility index (Phi) is 3.84. The van der Waals surface area contributed by atoms with Crippen LogP contribution in [0.4, 0.5) is 11.5 Å². The molecule has 1 heterocycles. The number of amides is 1. The van der Waals surface area contributed by atoms with E-state index in [4.69, 9.17) is 10.5 Å². The van der Waals surface area contributed by atoms with Gasteiger partial charge in [-0.15, -0.1) is 0 Å². The molecular formula is C11H17N3O2. The summed E-state index contributed by atoms with van der Waals surface area (Å²) in [6, 6.07) is 3.34. The van der Waals surface area contributed by atoms with E-state index in [1.807, 2.05) is 13.8 Å². The van der Waals surface area contributed by atoms with Crippen LogP contribution >= 0.6 is 0 Å². The number of nitrogens with zero attached hydrogens (tertiary/aromatic N) is 1. The minimum absolute atomic E-state index is 0.113. The molecule has 0 unspecified atom stereocenters. The van der Waals surface area contributed by atoms with Gasteiger partial charge in [-0.25, -0.2) is 4.98 Å². The predicted octanol–water partition coefficient (Wildman–Crippen LogP) is 1.42. The molecule has 0 aliphatic carbocycles. The van der Waals surface area contributed by atoms with E-state index in [1.165, 1.54) is 6.20 Å². The van der Waals surface area contributed by atoms with E-state index in [0.717, 1.165) is 0 Å². The number of carbonyl (C=O) groups excluding carboxylic acids is 1. The zero-order chi connectivity index (χ0) is 12.2. The SMILES string of the molecule is COC(C)(C)CC(=O)Nc1ccc(N)nc1. The number of carbonyl (C=O) groups is 1. The van der Waals surface area contributed by atoms with Crippen LogP contribution in [0.5, 0.6) is 0 Å². The molecule has 0 bridgehead atoms. The van der Waals surface area contributed by atoms with Crippen LogP contribution in [-0.4, -0.2) is 23.6 Å². The van der Waals surface area contributed by atoms with Crippen molar-refractivity contribution >= 4 is 17.4 Å². The molecule has 0 atom stereocenters. The van der Waals surface area contributed by atoms with E-state index in [2.05, 4.69) is 10.3 Å². The third-order valence-electron chi connectivity index (χ3n) is 2.21. The standard InChI is InChI=1S/C11H17N3O2/c1-11(2,16-3)6-10(15)14-8-4-5-9(12)13-7-8/h4-5,7H,6H2,1-3H3,(H2,12,13)(H,14,15). The number of hydrogen-bond donors (Lipinski definition) is 2. The van der Waals surface area contributed by atoms with Crippen molar-refractivity contribution in [2.24, 2.45) is 0 Å². The number of nitrogens with two attached hydrogens (primary N) is 1. The molecule has 0 fully saturated rings. The first-order valence-corrected chi connectivity index (χ1v) is 4.99. The van der Waals surface area contributed by atoms with Gasteiger partial charge in [0.1, 0.15) is 5.82 Å². The molecule has 5 heteroatoms. The second-order valence-electron chi connectivity index (χ2n) is 4.16. The fraction of sp³-hybridized carbons (Fsp3) is 0.455. The van der Waals surface area contributed by atoms with Crippen LogP contribution in [0.1, 0.15) is 20.3 Å². The van der Waals surface area contributed by atoms with E-state index in [0.29, 0.717) is 11.5 Å². The first-order valence-electron chi connectivity index (χ1n) is 4.99. The molecule has 5 nitrogen and oxygen atoms in total. The van der Waals surface area contributed by atoms with Crippen LogP contribution in [0.2, 0.25) is 0 Å². The first-order chi connectivity index (χ1) is 7.43. The number of ether oxygens (including phenoxy) is 1. The van der Waals surface area contributed by atoms with Gasteiger partial charge < -0.3 is 15.8 Å². The Bertz CT molecular complexity index is 360. The number of aromatic nitrogens is 1. The lowest BCUT2D eigenvalue weighted by Crippen LogP contribution is -2.29. The molecule has 3 N–H and O–H groups in total. The van der Waals surface area contributed by atoms with Crippen molar-refractivity contribution in [3.05, 3.63) is 18.3 Å². The Morgan fingerprint density at radius 2 is 2.25 bits per heavy atom. The molecule has 88 valence electrons. The largest absolute Gasteiger partial charge is 0.384 e. The third-order valence-corrected chi connectivity index (χ3v) is 2.21. The van der Waals surface area contributed by atoms with Gasteiger partial charge in [0.05, 0.1) is 23.9 Å². The molecule has 0 radical (unpaired) electrons. The quantitative estimate of drug-likeness (QED) is 0.809. The van der Waals surface area contributed by atoms with E-state index in [-0.39, 0.29) is 12.3 Å². The lowest BCUT2D eigenvalue weighted by atomic mass is 10.1. The molecule has 1 amide bonds. The van der Waals surface area contributed by atoms with Gasteiger partial charge in [-0.2, -0.15) is 0 Å². The van der Waals surface area contributed by atoms with Crippen LogP contribution in [0.25, 0.3) is 0 Å². The van der Waals surface area contributed by atoms with Crippen molar-refractivity contribution in [1.29, 1.82) is 0 Å². The second-order valence-corrected chi connectivity index (χ2v) is 4.16. The number of pyridine rings is 1. The van der Waals surface area contributed by atoms with Crippen LogP contribution in [-0.2, 0) is 9.53 Å². The van der Waals surface area contributed by atoms with Crippen LogP contribution in [0, 0.1) is 0 Å². The molecule has 1 aromatic heterocycles. The molecule has 1 aromatic rings. The number of methoxy groups -OCH3 is 1. The van der Waals surface area contributed by atoms with Gasteiger partial charge in [0.2, 0.25) is 5.91 Å². The highest BCUT2D eigenvalue weighted by Gasteiger charge is 2.20. The zero-order valence-electron chi connectivity index (χ0n) is 9.78. The Morgan fingerprint density at radius 1 is 1.56 bits per heavy atom. The Hall–Kier alpha value is -1.62. The highest BCUT2D eigenvalue weighted by Crippen LogP contribution is 2.15. The van der Waals surface area contributed by atoms with Crippen molar-refractivity contribution in [1.82, 2.24) is 4.98 Å². The van der Waals surface area contributed by atoms with Crippen molar-refractivity contribution in [2.75, 3.05) is 18.2 Å². The van der Waals surface area contributed by atoms with Crippen molar-refractivity contribution in [2.45, 2.75) is 25.9 Å². The summed E-state index contributed by atoms with van der Waals surface area (Å²) in [5.74, 6) is 0.314. The van der Waals surface area contributed by atoms with Crippen molar-refractivity contribution in [3.63, 3.8) is 0 Å². The monoisotopic (exact) mass is 223 g/mol. The highest BCUT2D eigenvalue weighted by atomic mass is 16.5. The molecule has 0 saturated heterocycles. The highest BCUT2D eigenvalue weighted by molar-refractivity contribution is 5.91. The van der Waals surface area contributed by atoms with Gasteiger partial charge in [0, 0.05) is 7.11 Å². The lowest BCUT2D eigenvalue weighted by Gasteiger charge is -2.21. The summed E-state index contributed by atoms with van der Waals surface area (Å²) in [7, 11) is 1.58. The molecule has 0 aromatic carbocycles. The van der Waals surface area contributed by atoms with Gasteiger partial charge >= 0.3 is 0 Å². The molecule has 0 saturated carbocycles. The van der Waals surface area contributed by atoms with Gasteiger partial charge in [-0.1, -0.05) is 0 Å².